The molecule has 0 fully saturated rings. The molecule has 1 heterocycles. The van der Waals surface area contributed by atoms with Crippen LogP contribution < -0.4 is 5.32 Å². The van der Waals surface area contributed by atoms with E-state index in [0.717, 1.165) is 5.69 Å². The molecule has 0 saturated heterocycles. The summed E-state index contributed by atoms with van der Waals surface area (Å²) in [6.45, 7) is 6.55. The molecule has 0 aliphatic carbocycles. The van der Waals surface area contributed by atoms with Gasteiger partial charge in [-0.15, -0.1) is 0 Å². The van der Waals surface area contributed by atoms with E-state index in [1.807, 2.05) is 12.1 Å². The average molecular weight is 251 g/mol. The van der Waals surface area contributed by atoms with Crippen molar-refractivity contribution in [3.8, 4) is 6.07 Å². The largest absolute Gasteiger partial charge is 0.339 e. The SMILES string of the molecule is CC(C)(C)c1ccc(Nc2ncccc2C#N)cc1. The number of nitriles is 1. The summed E-state index contributed by atoms with van der Waals surface area (Å²) >= 11 is 0. The molecule has 1 N–H and O–H groups in total. The van der Waals surface area contributed by atoms with Crippen LogP contribution >= 0.6 is 0 Å². The Morgan fingerprint density at radius 2 is 1.79 bits per heavy atom. The number of rotatable bonds is 2. The van der Waals surface area contributed by atoms with Crippen molar-refractivity contribution in [2.45, 2.75) is 26.2 Å². The molecule has 2 aromatic rings. The maximum Gasteiger partial charge on any atom is 0.148 e. The summed E-state index contributed by atoms with van der Waals surface area (Å²) in [7, 11) is 0. The maximum atomic E-state index is 9.02. The third-order valence-electron chi connectivity index (χ3n) is 2.94. The molecule has 1 aromatic heterocycles. The first kappa shape index (κ1) is 13.1. The molecule has 3 nitrogen and oxygen atoms in total. The quantitative estimate of drug-likeness (QED) is 0.877. The molecule has 1 aromatic carbocycles. The second-order valence-corrected chi connectivity index (χ2v) is 5.46. The predicted octanol–water partition coefficient (Wildman–Crippen LogP) is 3.99. The molecule has 0 atom stereocenters. The smallest absolute Gasteiger partial charge is 0.148 e. The zero-order valence-electron chi connectivity index (χ0n) is 11.4. The summed E-state index contributed by atoms with van der Waals surface area (Å²) < 4.78 is 0. The van der Waals surface area contributed by atoms with E-state index in [0.29, 0.717) is 11.4 Å². The van der Waals surface area contributed by atoms with Crippen molar-refractivity contribution in [1.29, 1.82) is 5.26 Å². The molecule has 0 spiro atoms. The van der Waals surface area contributed by atoms with E-state index in [4.69, 9.17) is 5.26 Å². The lowest BCUT2D eigenvalue weighted by Crippen LogP contribution is -2.10. The first-order chi connectivity index (χ1) is 9.00. The summed E-state index contributed by atoms with van der Waals surface area (Å²) in [5, 5.41) is 12.2. The highest BCUT2D eigenvalue weighted by Gasteiger charge is 2.13. The van der Waals surface area contributed by atoms with Crippen LogP contribution in [0.1, 0.15) is 31.9 Å². The van der Waals surface area contributed by atoms with Gasteiger partial charge >= 0.3 is 0 Å². The van der Waals surface area contributed by atoms with Crippen LogP contribution in [0.5, 0.6) is 0 Å². The van der Waals surface area contributed by atoms with Gasteiger partial charge < -0.3 is 5.32 Å². The predicted molar refractivity (Wildman–Crippen MR) is 77.4 cm³/mol. The first-order valence-electron chi connectivity index (χ1n) is 6.23. The Morgan fingerprint density at radius 1 is 1.11 bits per heavy atom. The fourth-order valence-electron chi connectivity index (χ4n) is 1.79. The van der Waals surface area contributed by atoms with E-state index in [1.165, 1.54) is 5.56 Å². The first-order valence-corrected chi connectivity index (χ1v) is 6.23. The summed E-state index contributed by atoms with van der Waals surface area (Å²) in [5.41, 5.74) is 2.90. The number of nitrogens with one attached hydrogen (secondary N) is 1. The number of hydrogen-bond acceptors (Lipinski definition) is 3. The van der Waals surface area contributed by atoms with Crippen molar-refractivity contribution in [2.75, 3.05) is 5.32 Å². The van der Waals surface area contributed by atoms with Gasteiger partial charge in [0, 0.05) is 11.9 Å². The van der Waals surface area contributed by atoms with Gasteiger partial charge in [0.05, 0.1) is 5.56 Å². The van der Waals surface area contributed by atoms with Crippen LogP contribution in [0.4, 0.5) is 11.5 Å². The molecule has 0 aliphatic rings. The fraction of sp³-hybridized carbons (Fsp3) is 0.250. The van der Waals surface area contributed by atoms with Crippen LogP contribution in [0.25, 0.3) is 0 Å². The Labute approximate surface area is 113 Å². The summed E-state index contributed by atoms with van der Waals surface area (Å²) in [6, 6.07) is 13.8. The third kappa shape index (κ3) is 3.11. The topological polar surface area (TPSA) is 48.7 Å². The van der Waals surface area contributed by atoms with Gasteiger partial charge in [0.25, 0.3) is 0 Å². The van der Waals surface area contributed by atoms with Crippen molar-refractivity contribution in [3.63, 3.8) is 0 Å². The van der Waals surface area contributed by atoms with Crippen LogP contribution in [-0.2, 0) is 5.41 Å². The second kappa shape index (κ2) is 5.11. The Bertz CT molecular complexity index is 601. The second-order valence-electron chi connectivity index (χ2n) is 5.46. The van der Waals surface area contributed by atoms with Gasteiger partial charge in [0.1, 0.15) is 11.9 Å². The molecule has 0 aliphatic heterocycles. The van der Waals surface area contributed by atoms with Crippen molar-refractivity contribution in [3.05, 3.63) is 53.7 Å². The van der Waals surface area contributed by atoms with E-state index in [9.17, 15) is 0 Å². The summed E-state index contributed by atoms with van der Waals surface area (Å²) in [6.07, 6.45) is 1.67. The minimum absolute atomic E-state index is 0.140. The lowest BCUT2D eigenvalue weighted by molar-refractivity contribution is 0.590. The number of benzene rings is 1. The lowest BCUT2D eigenvalue weighted by atomic mass is 9.87. The highest BCUT2D eigenvalue weighted by atomic mass is 15.0. The van der Waals surface area contributed by atoms with Crippen molar-refractivity contribution in [2.24, 2.45) is 0 Å². The van der Waals surface area contributed by atoms with Crippen LogP contribution in [0, 0.1) is 11.3 Å². The number of anilines is 2. The zero-order valence-corrected chi connectivity index (χ0v) is 11.4. The number of nitrogens with zero attached hydrogens (tertiary/aromatic N) is 2. The van der Waals surface area contributed by atoms with Crippen molar-refractivity contribution >= 4 is 11.5 Å². The minimum atomic E-state index is 0.140. The van der Waals surface area contributed by atoms with Crippen molar-refractivity contribution in [1.82, 2.24) is 4.98 Å². The van der Waals surface area contributed by atoms with Gasteiger partial charge in [-0.2, -0.15) is 5.26 Å². The molecule has 0 unspecified atom stereocenters. The molecule has 0 saturated carbocycles. The molecule has 0 radical (unpaired) electrons. The molecular weight excluding hydrogens is 234 g/mol. The standard InChI is InChI=1S/C16H17N3/c1-16(2,3)13-6-8-14(9-7-13)19-15-12(11-17)5-4-10-18-15/h4-10H,1-3H3,(H,18,19). The van der Waals surface area contributed by atoms with Crippen LogP contribution in [0.2, 0.25) is 0 Å². The van der Waals surface area contributed by atoms with Gasteiger partial charge in [0.2, 0.25) is 0 Å². The molecule has 2 rings (SSSR count). The van der Waals surface area contributed by atoms with E-state index >= 15 is 0 Å². The monoisotopic (exact) mass is 251 g/mol. The minimum Gasteiger partial charge on any atom is -0.339 e. The van der Waals surface area contributed by atoms with E-state index in [2.05, 4.69) is 49.3 Å². The Kier molecular flexibility index (Phi) is 3.52. The van der Waals surface area contributed by atoms with E-state index in [-0.39, 0.29) is 5.41 Å². The van der Waals surface area contributed by atoms with Gasteiger partial charge in [-0.25, -0.2) is 4.98 Å². The van der Waals surface area contributed by atoms with Gasteiger partial charge in [0.15, 0.2) is 0 Å². The normalized spacial score (nSPS) is 10.8. The maximum absolute atomic E-state index is 9.02. The van der Waals surface area contributed by atoms with E-state index in [1.54, 1.807) is 18.3 Å². The van der Waals surface area contributed by atoms with Crippen LogP contribution in [0.15, 0.2) is 42.6 Å². The number of hydrogen-bond donors (Lipinski definition) is 1. The highest BCUT2D eigenvalue weighted by molar-refractivity contribution is 5.62. The number of aromatic nitrogens is 1. The lowest BCUT2D eigenvalue weighted by Gasteiger charge is -2.19. The average Bonchev–Trinajstić information content (AvgIpc) is 2.39. The van der Waals surface area contributed by atoms with Gasteiger partial charge in [-0.05, 0) is 35.2 Å². The number of pyridine rings is 1. The van der Waals surface area contributed by atoms with Crippen LogP contribution in [-0.4, -0.2) is 4.98 Å². The summed E-state index contributed by atoms with van der Waals surface area (Å²) in [4.78, 5) is 4.18. The van der Waals surface area contributed by atoms with Gasteiger partial charge in [-0.1, -0.05) is 32.9 Å². The molecule has 0 amide bonds. The molecule has 0 bridgehead atoms. The Morgan fingerprint density at radius 3 is 2.37 bits per heavy atom. The Hall–Kier alpha value is -2.34. The molecular formula is C16H17N3. The summed E-state index contributed by atoms with van der Waals surface area (Å²) in [5.74, 6) is 0.591. The van der Waals surface area contributed by atoms with Crippen LogP contribution in [0.3, 0.4) is 0 Å². The fourth-order valence-corrected chi connectivity index (χ4v) is 1.79. The third-order valence-corrected chi connectivity index (χ3v) is 2.94. The van der Waals surface area contributed by atoms with Crippen molar-refractivity contribution < 1.29 is 0 Å². The highest BCUT2D eigenvalue weighted by Crippen LogP contribution is 2.25. The molecule has 19 heavy (non-hydrogen) atoms. The molecule has 3 heteroatoms. The zero-order chi connectivity index (χ0) is 13.9. The Balaban J connectivity index is 2.23. The molecule has 96 valence electrons. The van der Waals surface area contributed by atoms with E-state index < -0.39 is 0 Å². The van der Waals surface area contributed by atoms with Gasteiger partial charge in [-0.3, -0.25) is 0 Å².